The van der Waals surface area contributed by atoms with Gasteiger partial charge >= 0.3 is 0 Å². The summed E-state index contributed by atoms with van der Waals surface area (Å²) in [5.41, 5.74) is 6.09. The Morgan fingerprint density at radius 1 is 0.885 bits per heavy atom. The molecule has 0 saturated carbocycles. The maximum atomic E-state index is 6.21. The number of ether oxygens (including phenoxy) is 1. The summed E-state index contributed by atoms with van der Waals surface area (Å²) in [5.74, 6) is 3.35. The lowest BCUT2D eigenvalue weighted by atomic mass is 9.73. The summed E-state index contributed by atoms with van der Waals surface area (Å²) in [5, 5.41) is 2.70. The van der Waals surface area contributed by atoms with Crippen LogP contribution >= 0.6 is 11.8 Å². The summed E-state index contributed by atoms with van der Waals surface area (Å²) in [6.45, 7) is 0.849. The molecule has 3 aromatic rings. The third kappa shape index (κ3) is 2.05. The maximum absolute atomic E-state index is 6.21. The predicted octanol–water partition coefficient (Wildman–Crippen LogP) is 6.04. The number of hydrogen-bond donors (Lipinski definition) is 0. The molecule has 3 aliphatic rings. The quantitative estimate of drug-likeness (QED) is 0.486. The number of fused-ring (bicyclic) bond motifs is 8. The Morgan fingerprint density at radius 3 is 2.77 bits per heavy atom. The van der Waals surface area contributed by atoms with Gasteiger partial charge in [0.2, 0.25) is 0 Å². The molecule has 0 amide bonds. The van der Waals surface area contributed by atoms with E-state index in [2.05, 4.69) is 72.4 Å². The molecule has 0 aromatic heterocycles. The Labute approximate surface area is 158 Å². The molecule has 2 unspecified atom stereocenters. The van der Waals surface area contributed by atoms with Crippen molar-refractivity contribution in [3.05, 3.63) is 82.9 Å². The SMILES string of the molecule is c1ccc2c(c1)CCC1=C2SCC2COc3ccc4ccccc4c3C12. The van der Waals surface area contributed by atoms with Crippen LogP contribution in [0.3, 0.4) is 0 Å². The number of rotatable bonds is 0. The largest absolute Gasteiger partial charge is 0.493 e. The topological polar surface area (TPSA) is 9.23 Å². The molecule has 3 aromatic carbocycles. The smallest absolute Gasteiger partial charge is 0.123 e. The first kappa shape index (κ1) is 14.9. The predicted molar refractivity (Wildman–Crippen MR) is 110 cm³/mol. The highest BCUT2D eigenvalue weighted by Crippen LogP contribution is 2.56. The molecule has 2 aliphatic heterocycles. The lowest BCUT2D eigenvalue weighted by Gasteiger charge is -2.42. The van der Waals surface area contributed by atoms with Crippen LogP contribution in [0, 0.1) is 5.92 Å². The molecular formula is C24H20OS. The van der Waals surface area contributed by atoms with Gasteiger partial charge in [0, 0.05) is 28.1 Å². The molecule has 0 spiro atoms. The molecule has 1 aliphatic carbocycles. The molecule has 0 bridgehead atoms. The van der Waals surface area contributed by atoms with Crippen molar-refractivity contribution in [3.63, 3.8) is 0 Å². The standard InChI is InChI=1S/C24H20OS/c1-3-7-18-15(5-1)10-12-21-23(18)22-17(13-25-21)14-26-24-19-8-4-2-6-16(19)9-11-20(22)24/h1-8,10,12,17,22H,9,11,13-14H2. The number of hydrogen-bond acceptors (Lipinski definition) is 2. The normalized spacial score (nSPS) is 23.5. The molecule has 0 radical (unpaired) electrons. The minimum Gasteiger partial charge on any atom is -0.493 e. The molecule has 1 nitrogen and oxygen atoms in total. The van der Waals surface area contributed by atoms with Gasteiger partial charge in [0.1, 0.15) is 5.75 Å². The summed E-state index contributed by atoms with van der Waals surface area (Å²) >= 11 is 2.06. The van der Waals surface area contributed by atoms with Crippen LogP contribution < -0.4 is 4.74 Å². The van der Waals surface area contributed by atoms with Crippen molar-refractivity contribution in [2.24, 2.45) is 5.92 Å². The lowest BCUT2D eigenvalue weighted by Crippen LogP contribution is -2.33. The second-order valence-corrected chi connectivity index (χ2v) is 8.60. The van der Waals surface area contributed by atoms with E-state index >= 15 is 0 Å². The highest BCUT2D eigenvalue weighted by Gasteiger charge is 2.40. The van der Waals surface area contributed by atoms with Crippen molar-refractivity contribution in [2.75, 3.05) is 12.4 Å². The van der Waals surface area contributed by atoms with E-state index in [1.54, 1.807) is 10.5 Å². The first-order chi connectivity index (χ1) is 12.9. The number of allylic oxidation sites excluding steroid dienone is 1. The monoisotopic (exact) mass is 356 g/mol. The average molecular weight is 356 g/mol. The zero-order valence-corrected chi connectivity index (χ0v) is 15.4. The van der Waals surface area contributed by atoms with Gasteiger partial charge in [-0.3, -0.25) is 0 Å². The summed E-state index contributed by atoms with van der Waals surface area (Å²) in [6, 6.07) is 22.2. The Balaban J connectivity index is 1.62. The minimum atomic E-state index is 0.509. The highest BCUT2D eigenvalue weighted by atomic mass is 32.2. The van der Waals surface area contributed by atoms with E-state index in [1.165, 1.54) is 40.3 Å². The van der Waals surface area contributed by atoms with E-state index < -0.39 is 0 Å². The molecule has 2 heteroatoms. The summed E-state index contributed by atoms with van der Waals surface area (Å²) in [7, 11) is 0. The van der Waals surface area contributed by atoms with Crippen LogP contribution in [0.4, 0.5) is 0 Å². The third-order valence-corrected chi connectivity index (χ3v) is 7.57. The van der Waals surface area contributed by atoms with Gasteiger partial charge in [-0.05, 0) is 46.4 Å². The summed E-state index contributed by atoms with van der Waals surface area (Å²) < 4.78 is 6.21. The molecule has 2 atom stereocenters. The number of benzene rings is 3. The van der Waals surface area contributed by atoms with E-state index in [4.69, 9.17) is 4.74 Å². The lowest BCUT2D eigenvalue weighted by molar-refractivity contribution is 0.219. The summed E-state index contributed by atoms with van der Waals surface area (Å²) in [4.78, 5) is 1.55. The first-order valence-corrected chi connectivity index (χ1v) is 10.5. The fourth-order valence-corrected chi connectivity index (χ4v) is 6.47. The maximum Gasteiger partial charge on any atom is 0.123 e. The second kappa shape index (κ2) is 5.65. The van der Waals surface area contributed by atoms with Gasteiger partial charge in [-0.1, -0.05) is 54.6 Å². The van der Waals surface area contributed by atoms with Gasteiger partial charge in [0.25, 0.3) is 0 Å². The molecule has 0 fully saturated rings. The zero-order valence-electron chi connectivity index (χ0n) is 14.6. The van der Waals surface area contributed by atoms with Crippen LogP contribution in [0.5, 0.6) is 5.75 Å². The molecule has 0 saturated heterocycles. The van der Waals surface area contributed by atoms with Crippen molar-refractivity contribution >= 4 is 27.4 Å². The van der Waals surface area contributed by atoms with E-state index in [0.717, 1.165) is 18.1 Å². The van der Waals surface area contributed by atoms with Crippen molar-refractivity contribution in [2.45, 2.75) is 18.8 Å². The molecule has 0 N–H and O–H groups in total. The van der Waals surface area contributed by atoms with Crippen LogP contribution in [0.15, 0.2) is 66.2 Å². The van der Waals surface area contributed by atoms with E-state index in [0.29, 0.717) is 11.8 Å². The van der Waals surface area contributed by atoms with Gasteiger partial charge < -0.3 is 4.74 Å². The minimum absolute atomic E-state index is 0.509. The Kier molecular flexibility index (Phi) is 3.25. The van der Waals surface area contributed by atoms with Gasteiger partial charge in [-0.15, -0.1) is 11.8 Å². The van der Waals surface area contributed by atoms with E-state index in [1.807, 2.05) is 0 Å². The fraction of sp³-hybridized carbons (Fsp3) is 0.250. The van der Waals surface area contributed by atoms with Gasteiger partial charge in [0.15, 0.2) is 0 Å². The Hall–Kier alpha value is -2.19. The molecule has 2 heterocycles. The highest BCUT2D eigenvalue weighted by molar-refractivity contribution is 8.08. The van der Waals surface area contributed by atoms with Crippen molar-refractivity contribution in [3.8, 4) is 5.75 Å². The molecule has 6 rings (SSSR count). The van der Waals surface area contributed by atoms with Crippen LogP contribution in [-0.2, 0) is 6.42 Å². The fourth-order valence-electron chi connectivity index (χ4n) is 5.03. The van der Waals surface area contributed by atoms with Gasteiger partial charge in [-0.2, -0.15) is 0 Å². The third-order valence-electron chi connectivity index (χ3n) is 6.20. The van der Waals surface area contributed by atoms with Gasteiger partial charge in [0.05, 0.1) is 6.61 Å². The van der Waals surface area contributed by atoms with Crippen molar-refractivity contribution in [1.29, 1.82) is 0 Å². The average Bonchev–Trinajstić information content (AvgIpc) is 2.72. The zero-order chi connectivity index (χ0) is 17.1. The van der Waals surface area contributed by atoms with Crippen molar-refractivity contribution in [1.82, 2.24) is 0 Å². The molecule has 128 valence electrons. The molecule has 26 heavy (non-hydrogen) atoms. The van der Waals surface area contributed by atoms with Crippen molar-refractivity contribution < 1.29 is 4.74 Å². The van der Waals surface area contributed by atoms with Crippen LogP contribution in [0.2, 0.25) is 0 Å². The summed E-state index contributed by atoms with van der Waals surface area (Å²) in [6.07, 6.45) is 2.35. The Bertz CT molecular complexity index is 1060. The Morgan fingerprint density at radius 2 is 1.77 bits per heavy atom. The first-order valence-electron chi connectivity index (χ1n) is 9.49. The molecular weight excluding hydrogens is 336 g/mol. The van der Waals surface area contributed by atoms with Crippen LogP contribution in [0.1, 0.15) is 29.0 Å². The second-order valence-electron chi connectivity index (χ2n) is 7.57. The number of aryl methyl sites for hydroxylation is 1. The van der Waals surface area contributed by atoms with Gasteiger partial charge in [-0.25, -0.2) is 0 Å². The van der Waals surface area contributed by atoms with E-state index in [-0.39, 0.29) is 0 Å². The number of thioether (sulfide) groups is 1. The van der Waals surface area contributed by atoms with Crippen LogP contribution in [-0.4, -0.2) is 12.4 Å². The van der Waals surface area contributed by atoms with E-state index in [9.17, 15) is 0 Å². The van der Waals surface area contributed by atoms with Crippen LogP contribution in [0.25, 0.3) is 15.7 Å².